The number of hydrogen-bond donors (Lipinski definition) is 0. The number of esters is 2. The maximum Gasteiger partial charge on any atom is 0.309 e. The summed E-state index contributed by atoms with van der Waals surface area (Å²) < 4.78 is 15.3. The van der Waals surface area contributed by atoms with E-state index in [-0.39, 0.29) is 47.8 Å². The molecule has 17 heavy (non-hydrogen) atoms. The zero-order valence-corrected chi connectivity index (χ0v) is 9.92. The molecule has 0 aromatic heterocycles. The smallest absolute Gasteiger partial charge is 0.309 e. The molecule has 1 heterocycles. The molecule has 4 aliphatic rings. The van der Waals surface area contributed by atoms with Crippen LogP contribution < -0.4 is 0 Å². The fraction of sp³-hybridized carbons (Fsp3) is 0.833. The SMILES string of the molecule is COC(=O)[C@@H]1[C@@H]2CC[C@@H]([C@H]3O[C@@H]23)[C@H]1C(=O)OC. The second-order valence-electron chi connectivity index (χ2n) is 5.07. The van der Waals surface area contributed by atoms with Gasteiger partial charge in [-0.15, -0.1) is 0 Å². The van der Waals surface area contributed by atoms with E-state index in [1.165, 1.54) is 14.2 Å². The average Bonchev–Trinajstić information content (AvgIpc) is 3.17. The lowest BCUT2D eigenvalue weighted by Gasteiger charge is -2.42. The third-order valence-corrected chi connectivity index (χ3v) is 4.49. The van der Waals surface area contributed by atoms with Crippen molar-refractivity contribution >= 4 is 11.9 Å². The summed E-state index contributed by atoms with van der Waals surface area (Å²) in [5.74, 6) is -1.11. The number of hydrogen-bond acceptors (Lipinski definition) is 5. The Morgan fingerprint density at radius 3 is 1.71 bits per heavy atom. The molecule has 0 amide bonds. The molecule has 5 heteroatoms. The van der Waals surface area contributed by atoms with Crippen LogP contribution in [-0.2, 0) is 23.8 Å². The molecular weight excluding hydrogens is 224 g/mol. The third-order valence-electron chi connectivity index (χ3n) is 4.49. The molecule has 1 aliphatic heterocycles. The zero-order chi connectivity index (χ0) is 12.2. The Hall–Kier alpha value is -1.10. The number of methoxy groups -OCH3 is 2. The second kappa shape index (κ2) is 3.70. The van der Waals surface area contributed by atoms with Gasteiger partial charge >= 0.3 is 11.9 Å². The molecule has 0 spiro atoms. The molecule has 5 nitrogen and oxygen atoms in total. The van der Waals surface area contributed by atoms with Crippen molar-refractivity contribution in [3.8, 4) is 0 Å². The van der Waals surface area contributed by atoms with Crippen LogP contribution in [0.4, 0.5) is 0 Å². The molecule has 0 N–H and O–H groups in total. The van der Waals surface area contributed by atoms with E-state index in [4.69, 9.17) is 14.2 Å². The summed E-state index contributed by atoms with van der Waals surface area (Å²) in [7, 11) is 2.73. The first-order valence-corrected chi connectivity index (χ1v) is 6.00. The van der Waals surface area contributed by atoms with Gasteiger partial charge in [0.25, 0.3) is 0 Å². The number of fused-ring (bicyclic) bond motifs is 2. The molecule has 94 valence electrons. The summed E-state index contributed by atoms with van der Waals surface area (Å²) in [6.07, 6.45) is 2.22. The van der Waals surface area contributed by atoms with E-state index in [9.17, 15) is 9.59 Å². The predicted molar refractivity (Wildman–Crippen MR) is 55.9 cm³/mol. The van der Waals surface area contributed by atoms with E-state index in [1.54, 1.807) is 0 Å². The Labute approximate surface area is 99.4 Å². The van der Waals surface area contributed by atoms with Gasteiger partial charge in [-0.25, -0.2) is 0 Å². The van der Waals surface area contributed by atoms with Crippen LogP contribution in [-0.4, -0.2) is 38.4 Å². The highest BCUT2D eigenvalue weighted by atomic mass is 16.6. The molecule has 0 aromatic rings. The summed E-state index contributed by atoms with van der Waals surface area (Å²) in [6, 6.07) is 0. The van der Waals surface area contributed by atoms with Gasteiger partial charge in [0.1, 0.15) is 0 Å². The lowest BCUT2D eigenvalue weighted by Crippen LogP contribution is -2.52. The first-order chi connectivity index (χ1) is 8.19. The van der Waals surface area contributed by atoms with Gasteiger partial charge in [0, 0.05) is 11.8 Å². The molecule has 2 bridgehead atoms. The lowest BCUT2D eigenvalue weighted by molar-refractivity contribution is -0.167. The van der Waals surface area contributed by atoms with Crippen molar-refractivity contribution in [2.45, 2.75) is 25.0 Å². The van der Waals surface area contributed by atoms with Crippen LogP contribution in [0.1, 0.15) is 12.8 Å². The molecule has 0 radical (unpaired) electrons. The summed E-state index contributed by atoms with van der Waals surface area (Å²) in [6.45, 7) is 0. The van der Waals surface area contributed by atoms with E-state index >= 15 is 0 Å². The number of carbonyl (C=O) groups excluding carboxylic acids is 2. The van der Waals surface area contributed by atoms with E-state index in [0.29, 0.717) is 0 Å². The fourth-order valence-electron chi connectivity index (χ4n) is 3.75. The van der Waals surface area contributed by atoms with Crippen molar-refractivity contribution in [3.63, 3.8) is 0 Å². The van der Waals surface area contributed by atoms with Crippen molar-refractivity contribution in [2.75, 3.05) is 14.2 Å². The van der Waals surface area contributed by atoms with Gasteiger partial charge in [-0.2, -0.15) is 0 Å². The van der Waals surface area contributed by atoms with Gasteiger partial charge in [-0.1, -0.05) is 0 Å². The summed E-state index contributed by atoms with van der Waals surface area (Å²) in [5.41, 5.74) is 0. The number of epoxide rings is 1. The lowest BCUT2D eigenvalue weighted by atomic mass is 9.58. The highest BCUT2D eigenvalue weighted by Gasteiger charge is 2.67. The van der Waals surface area contributed by atoms with Crippen LogP contribution in [0.2, 0.25) is 0 Å². The van der Waals surface area contributed by atoms with Gasteiger partial charge in [0.2, 0.25) is 0 Å². The molecule has 0 aromatic carbocycles. The molecule has 1 saturated heterocycles. The van der Waals surface area contributed by atoms with Crippen LogP contribution in [0.15, 0.2) is 0 Å². The first-order valence-electron chi connectivity index (χ1n) is 6.00. The molecule has 4 fully saturated rings. The van der Waals surface area contributed by atoms with Crippen molar-refractivity contribution in [3.05, 3.63) is 0 Å². The van der Waals surface area contributed by atoms with Crippen LogP contribution in [0.3, 0.4) is 0 Å². The van der Waals surface area contributed by atoms with Gasteiger partial charge in [-0.05, 0) is 12.8 Å². The Bertz CT molecular complexity index is 332. The predicted octanol–water partition coefficient (Wildman–Crippen LogP) is 0.372. The van der Waals surface area contributed by atoms with E-state index in [0.717, 1.165) is 12.8 Å². The maximum absolute atomic E-state index is 11.9. The van der Waals surface area contributed by atoms with Crippen molar-refractivity contribution < 1.29 is 23.8 Å². The zero-order valence-electron chi connectivity index (χ0n) is 9.92. The minimum Gasteiger partial charge on any atom is -0.469 e. The summed E-state index contributed by atoms with van der Waals surface area (Å²) in [4.78, 5) is 23.7. The van der Waals surface area contributed by atoms with Gasteiger partial charge in [-0.3, -0.25) is 9.59 Å². The molecule has 6 atom stereocenters. The van der Waals surface area contributed by atoms with Crippen molar-refractivity contribution in [2.24, 2.45) is 23.7 Å². The van der Waals surface area contributed by atoms with Crippen LogP contribution in [0.25, 0.3) is 0 Å². The average molecular weight is 240 g/mol. The van der Waals surface area contributed by atoms with Crippen LogP contribution in [0, 0.1) is 23.7 Å². The molecule has 3 saturated carbocycles. The second-order valence-corrected chi connectivity index (χ2v) is 5.07. The van der Waals surface area contributed by atoms with Gasteiger partial charge in [0.05, 0.1) is 38.3 Å². The van der Waals surface area contributed by atoms with Crippen LogP contribution in [0.5, 0.6) is 0 Å². The minimum absolute atomic E-state index is 0.126. The van der Waals surface area contributed by atoms with Crippen molar-refractivity contribution in [1.29, 1.82) is 0 Å². The molecule has 0 unspecified atom stereocenters. The van der Waals surface area contributed by atoms with E-state index < -0.39 is 0 Å². The largest absolute Gasteiger partial charge is 0.469 e. The highest BCUT2D eigenvalue weighted by Crippen LogP contribution is 2.58. The molecule has 4 rings (SSSR count). The van der Waals surface area contributed by atoms with Crippen LogP contribution >= 0.6 is 0 Å². The molecular formula is C12H16O5. The van der Waals surface area contributed by atoms with Gasteiger partial charge in [0.15, 0.2) is 0 Å². The Kier molecular flexibility index (Phi) is 2.40. The number of ether oxygens (including phenoxy) is 3. The third kappa shape index (κ3) is 1.41. The van der Waals surface area contributed by atoms with E-state index in [2.05, 4.69) is 0 Å². The molecule has 3 aliphatic carbocycles. The quantitative estimate of drug-likeness (QED) is 0.515. The normalized spacial score (nSPS) is 46.0. The topological polar surface area (TPSA) is 65.1 Å². The Morgan fingerprint density at radius 1 is 0.941 bits per heavy atom. The first kappa shape index (κ1) is 11.0. The standard InChI is InChI=1S/C12H16O5/c1-15-11(13)7-5-3-4-6(10-9(5)17-10)8(7)12(14)16-2/h5-10H,3-4H2,1-2H3/t5-,6+,7-,8-,9-,10+/m1/s1. The monoisotopic (exact) mass is 240 g/mol. The highest BCUT2D eigenvalue weighted by molar-refractivity contribution is 5.83. The Balaban J connectivity index is 1.92. The number of carbonyl (C=O) groups is 2. The number of rotatable bonds is 2. The van der Waals surface area contributed by atoms with E-state index in [1.807, 2.05) is 0 Å². The minimum atomic E-state index is -0.380. The van der Waals surface area contributed by atoms with Crippen molar-refractivity contribution in [1.82, 2.24) is 0 Å². The fourth-order valence-corrected chi connectivity index (χ4v) is 3.75. The maximum atomic E-state index is 11.9. The summed E-state index contributed by atoms with van der Waals surface area (Å²) in [5, 5.41) is 0. The van der Waals surface area contributed by atoms with Gasteiger partial charge < -0.3 is 14.2 Å². The summed E-state index contributed by atoms with van der Waals surface area (Å²) >= 11 is 0. The Morgan fingerprint density at radius 2 is 1.35 bits per heavy atom.